The second kappa shape index (κ2) is 10.3. The number of benzene rings is 2. The van der Waals surface area contributed by atoms with Gasteiger partial charge in [0.1, 0.15) is 0 Å². The van der Waals surface area contributed by atoms with Crippen LogP contribution in [0.15, 0.2) is 30.3 Å². The Bertz CT molecular complexity index is 976. The highest BCUT2D eigenvalue weighted by Gasteiger charge is 2.35. The van der Waals surface area contributed by atoms with Crippen molar-refractivity contribution in [1.82, 2.24) is 4.90 Å². The van der Waals surface area contributed by atoms with Crippen LogP contribution in [0.4, 0.5) is 0 Å². The Morgan fingerprint density at radius 1 is 1.16 bits per heavy atom. The summed E-state index contributed by atoms with van der Waals surface area (Å²) in [7, 11) is 2.15. The number of hydrogen-bond donors (Lipinski definition) is 1. The fraction of sp³-hybridized carbons (Fsp3) is 0.417. The Labute approximate surface area is 188 Å². The van der Waals surface area contributed by atoms with Gasteiger partial charge >= 0.3 is 11.9 Å². The molecule has 31 heavy (non-hydrogen) atoms. The summed E-state index contributed by atoms with van der Waals surface area (Å²) in [5.74, 6) is -0.216. The van der Waals surface area contributed by atoms with Crippen LogP contribution in [-0.2, 0) is 22.4 Å². The van der Waals surface area contributed by atoms with E-state index in [4.69, 9.17) is 15.2 Å². The molecule has 0 fully saturated rings. The number of esters is 2. The Morgan fingerprint density at radius 3 is 2.65 bits per heavy atom. The van der Waals surface area contributed by atoms with Gasteiger partial charge in [-0.2, -0.15) is 0 Å². The van der Waals surface area contributed by atoms with Crippen LogP contribution in [0.2, 0.25) is 0 Å². The third-order valence-corrected chi connectivity index (χ3v) is 5.74. The van der Waals surface area contributed by atoms with Crippen LogP contribution >= 0.6 is 11.6 Å². The van der Waals surface area contributed by atoms with E-state index in [2.05, 4.69) is 35.7 Å². The van der Waals surface area contributed by atoms with Gasteiger partial charge in [0.2, 0.25) is 0 Å². The second-order valence-corrected chi connectivity index (χ2v) is 7.72. The predicted molar refractivity (Wildman–Crippen MR) is 122 cm³/mol. The molecular weight excluding hydrogens is 416 g/mol. The molecule has 0 saturated carbocycles. The summed E-state index contributed by atoms with van der Waals surface area (Å²) in [5.41, 5.74) is 11.1. The SMILES string of the molecule is CC(=O)Oc1ccc2c(c1OC(=O)CCCN)-c1cccc3c1C(C2)N(C)CC3.CCl. The van der Waals surface area contributed by atoms with Crippen molar-refractivity contribution in [2.75, 3.05) is 26.5 Å². The lowest BCUT2D eigenvalue weighted by molar-refractivity contribution is -0.136. The van der Waals surface area contributed by atoms with Crippen molar-refractivity contribution in [2.45, 2.75) is 38.6 Å². The molecule has 2 aromatic carbocycles. The first kappa shape index (κ1) is 23.3. The summed E-state index contributed by atoms with van der Waals surface area (Å²) >= 11 is 4.64. The monoisotopic (exact) mass is 444 g/mol. The van der Waals surface area contributed by atoms with Gasteiger partial charge in [-0.05, 0) is 61.2 Å². The first-order valence-corrected chi connectivity index (χ1v) is 11.2. The molecule has 1 heterocycles. The predicted octanol–water partition coefficient (Wildman–Crippen LogP) is 3.86. The highest BCUT2D eigenvalue weighted by molar-refractivity contribution is 6.15. The number of hydrogen-bond acceptors (Lipinski definition) is 6. The minimum atomic E-state index is -0.451. The highest BCUT2D eigenvalue weighted by atomic mass is 35.5. The zero-order valence-corrected chi connectivity index (χ0v) is 19.0. The lowest BCUT2D eigenvalue weighted by Crippen LogP contribution is -2.35. The Balaban J connectivity index is 0.00000132. The summed E-state index contributed by atoms with van der Waals surface area (Å²) < 4.78 is 11.2. The maximum atomic E-state index is 12.4. The van der Waals surface area contributed by atoms with Crippen LogP contribution in [0.5, 0.6) is 11.5 Å². The lowest BCUT2D eigenvalue weighted by Gasteiger charge is -2.40. The smallest absolute Gasteiger partial charge is 0.311 e. The Hall–Kier alpha value is -2.41. The van der Waals surface area contributed by atoms with Gasteiger partial charge < -0.3 is 15.2 Å². The molecule has 1 aliphatic carbocycles. The summed E-state index contributed by atoms with van der Waals surface area (Å²) in [6.45, 7) is 2.77. The summed E-state index contributed by atoms with van der Waals surface area (Å²) in [4.78, 5) is 26.5. The quantitative estimate of drug-likeness (QED) is 0.428. The van der Waals surface area contributed by atoms with Crippen molar-refractivity contribution in [1.29, 1.82) is 0 Å². The molecule has 4 rings (SSSR count). The molecule has 0 bridgehead atoms. The molecular formula is C24H29ClN2O4. The Morgan fingerprint density at radius 2 is 1.94 bits per heavy atom. The van der Waals surface area contributed by atoms with E-state index >= 15 is 0 Å². The van der Waals surface area contributed by atoms with Gasteiger partial charge in [-0.1, -0.05) is 24.3 Å². The third kappa shape index (κ3) is 4.76. The molecule has 2 aliphatic rings. The average Bonchev–Trinajstić information content (AvgIpc) is 2.77. The van der Waals surface area contributed by atoms with Crippen LogP contribution in [0.3, 0.4) is 0 Å². The minimum Gasteiger partial charge on any atom is -0.423 e. The van der Waals surface area contributed by atoms with Crippen LogP contribution in [0, 0.1) is 0 Å². The first-order valence-electron chi connectivity index (χ1n) is 10.4. The third-order valence-electron chi connectivity index (χ3n) is 5.74. The van der Waals surface area contributed by atoms with Crippen molar-refractivity contribution in [3.63, 3.8) is 0 Å². The van der Waals surface area contributed by atoms with Gasteiger partial charge in [-0.3, -0.25) is 14.5 Å². The number of carbonyl (C=O) groups excluding carboxylic acids is 2. The zero-order valence-electron chi connectivity index (χ0n) is 18.2. The van der Waals surface area contributed by atoms with E-state index in [0.29, 0.717) is 24.8 Å². The van der Waals surface area contributed by atoms with Gasteiger partial charge in [-0.25, -0.2) is 0 Å². The fourth-order valence-electron chi connectivity index (χ4n) is 4.40. The summed E-state index contributed by atoms with van der Waals surface area (Å²) in [6.07, 6.45) is 4.05. The van der Waals surface area contributed by atoms with Gasteiger partial charge in [0.25, 0.3) is 0 Å². The molecule has 6 nitrogen and oxygen atoms in total. The topological polar surface area (TPSA) is 81.9 Å². The highest BCUT2D eigenvalue weighted by Crippen LogP contribution is 2.50. The molecule has 1 aliphatic heterocycles. The molecule has 1 unspecified atom stereocenters. The van der Waals surface area contributed by atoms with Gasteiger partial charge in [0.15, 0.2) is 11.5 Å². The normalized spacial score (nSPS) is 16.4. The molecule has 0 saturated heterocycles. The van der Waals surface area contributed by atoms with Crippen molar-refractivity contribution in [3.05, 3.63) is 47.0 Å². The second-order valence-electron chi connectivity index (χ2n) is 7.72. The maximum absolute atomic E-state index is 12.4. The van der Waals surface area contributed by atoms with E-state index in [1.165, 1.54) is 24.4 Å². The number of fused-ring (bicyclic) bond motifs is 2. The van der Waals surface area contributed by atoms with E-state index in [-0.39, 0.29) is 18.1 Å². The Kier molecular flexibility index (Phi) is 7.70. The lowest BCUT2D eigenvalue weighted by atomic mass is 9.77. The molecule has 0 spiro atoms. The largest absolute Gasteiger partial charge is 0.423 e. The van der Waals surface area contributed by atoms with E-state index in [1.54, 1.807) is 6.07 Å². The molecule has 0 aromatic heterocycles. The van der Waals surface area contributed by atoms with E-state index in [9.17, 15) is 9.59 Å². The van der Waals surface area contributed by atoms with Crippen LogP contribution in [-0.4, -0.2) is 43.4 Å². The van der Waals surface area contributed by atoms with Crippen LogP contribution in [0.25, 0.3) is 11.1 Å². The molecule has 2 N–H and O–H groups in total. The number of halogens is 1. The first-order chi connectivity index (χ1) is 15.0. The molecule has 0 amide bonds. The van der Waals surface area contributed by atoms with Crippen LogP contribution in [0.1, 0.15) is 42.5 Å². The summed E-state index contributed by atoms with van der Waals surface area (Å²) in [5, 5.41) is 0. The average molecular weight is 445 g/mol. The van der Waals surface area contributed by atoms with Gasteiger partial charge in [-0.15, -0.1) is 11.6 Å². The van der Waals surface area contributed by atoms with Crippen LogP contribution < -0.4 is 15.2 Å². The van der Waals surface area contributed by atoms with E-state index in [1.807, 2.05) is 12.1 Å². The number of ether oxygens (including phenoxy) is 2. The number of alkyl halides is 1. The molecule has 0 radical (unpaired) electrons. The standard InChI is InChI=1S/C23H26N2O4.CH3Cl/c1-14(26)28-19-9-8-16-13-18-21-15(10-12-25(18)2)5-3-6-17(21)22(16)23(19)29-20(27)7-4-11-24;1-2/h3,5-6,8-9,18H,4,7,10-13,24H2,1-2H3;1H3. The number of nitrogens with zero attached hydrogens (tertiary/aromatic N) is 1. The van der Waals surface area contributed by atoms with Crippen molar-refractivity contribution in [2.24, 2.45) is 5.73 Å². The van der Waals surface area contributed by atoms with Crippen molar-refractivity contribution >= 4 is 23.5 Å². The van der Waals surface area contributed by atoms with E-state index in [0.717, 1.165) is 36.1 Å². The van der Waals surface area contributed by atoms with Crippen molar-refractivity contribution in [3.8, 4) is 22.6 Å². The minimum absolute atomic E-state index is 0.220. The van der Waals surface area contributed by atoms with E-state index < -0.39 is 5.97 Å². The molecule has 1 atom stereocenters. The van der Waals surface area contributed by atoms with Crippen molar-refractivity contribution < 1.29 is 19.1 Å². The fourth-order valence-corrected chi connectivity index (χ4v) is 4.40. The molecule has 2 aromatic rings. The summed E-state index contributed by atoms with van der Waals surface area (Å²) in [6, 6.07) is 10.3. The maximum Gasteiger partial charge on any atom is 0.311 e. The number of nitrogens with two attached hydrogens (primary N) is 1. The van der Waals surface area contributed by atoms with Gasteiger partial charge in [0, 0.05) is 37.9 Å². The molecule has 166 valence electrons. The molecule has 7 heteroatoms. The number of likely N-dealkylation sites (N-methyl/N-ethyl adjacent to an activating group) is 1. The van der Waals surface area contributed by atoms with Gasteiger partial charge in [0.05, 0.1) is 0 Å². The zero-order chi connectivity index (χ0) is 22.5. The number of carbonyl (C=O) groups is 2. The number of rotatable bonds is 5.